The van der Waals surface area contributed by atoms with Crippen LogP contribution in [-0.2, 0) is 24.8 Å². The van der Waals surface area contributed by atoms with Crippen molar-refractivity contribution in [3.8, 4) is 11.9 Å². The highest BCUT2D eigenvalue weighted by Crippen LogP contribution is 2.78. The summed E-state index contributed by atoms with van der Waals surface area (Å²) < 4.78 is 98.3. The van der Waals surface area contributed by atoms with Crippen LogP contribution >= 0.6 is 11.6 Å². The van der Waals surface area contributed by atoms with Crippen molar-refractivity contribution in [1.29, 1.82) is 0 Å². The molecule has 21 heteroatoms. The van der Waals surface area contributed by atoms with E-state index in [9.17, 15) is 40.3 Å². The molecule has 5 aliphatic rings. The Hall–Kier alpha value is -5.53. The van der Waals surface area contributed by atoms with Crippen LogP contribution in [0.5, 0.6) is 0 Å². The molecule has 4 aromatic heterocycles. The SMILES string of the molecule is CC.Cn1ccnc1-n1cc(C(=O)NCC23CC4CC5CC(C2)C5(C4)C3)c(C(F)(F)F)n1.Nc1nc(-n2cc(C(=O)NCC3(c4ccc(Cl)cc4)CCCCC3)c(C(F)(F)F)n2)ncc1F. The molecule has 3 bridgehead atoms. The van der Waals surface area contributed by atoms with Crippen LogP contribution in [0.3, 0.4) is 0 Å². The van der Waals surface area contributed by atoms with Gasteiger partial charge in [-0.1, -0.05) is 56.8 Å². The molecule has 0 radical (unpaired) electrons. The van der Waals surface area contributed by atoms with E-state index in [1.54, 1.807) is 29.9 Å². The average Bonchev–Trinajstić information content (AvgIpc) is 4.10. The predicted octanol–water partition coefficient (Wildman–Crippen LogP) is 9.28. The minimum atomic E-state index is -4.91. The first-order valence-electron chi connectivity index (χ1n) is 22.2. The van der Waals surface area contributed by atoms with E-state index in [-0.39, 0.29) is 17.9 Å². The van der Waals surface area contributed by atoms with Crippen LogP contribution in [-0.4, -0.2) is 64.0 Å². The van der Waals surface area contributed by atoms with Gasteiger partial charge in [-0.2, -0.15) is 41.5 Å². The number of aryl methyl sites for hydroxylation is 1. The molecule has 4 N–H and O–H groups in total. The molecule has 2 amide bonds. The summed E-state index contributed by atoms with van der Waals surface area (Å²) in [6.45, 7) is 4.61. The number of nitrogens with one attached hydrogen (secondary N) is 2. The fourth-order valence-electron chi connectivity index (χ4n) is 11.8. The number of fused-ring (bicyclic) bond motifs is 2. The van der Waals surface area contributed by atoms with E-state index >= 15 is 0 Å². The number of aromatic nitrogens is 8. The number of anilines is 1. The van der Waals surface area contributed by atoms with E-state index < -0.39 is 69.7 Å². The number of rotatable bonds is 9. The summed E-state index contributed by atoms with van der Waals surface area (Å²) in [4.78, 5) is 37.0. The van der Waals surface area contributed by atoms with E-state index in [1.807, 2.05) is 26.0 Å². The molecule has 0 aliphatic heterocycles. The number of alkyl halides is 6. The summed E-state index contributed by atoms with van der Waals surface area (Å²) in [7, 11) is 1.66. The normalized spacial score (nSPS) is 24.6. The smallest absolute Gasteiger partial charge is 0.381 e. The van der Waals surface area contributed by atoms with Crippen LogP contribution in [0.2, 0.25) is 5.02 Å². The lowest BCUT2D eigenvalue weighted by Gasteiger charge is -2.49. The Bertz CT molecular complexity index is 2580. The van der Waals surface area contributed by atoms with Gasteiger partial charge >= 0.3 is 12.4 Å². The number of nitrogens with zero attached hydrogens (tertiary/aromatic N) is 8. The first-order chi connectivity index (χ1) is 31.3. The average molecular weight is 946 g/mol. The third-order valence-corrected chi connectivity index (χ3v) is 14.7. The van der Waals surface area contributed by atoms with Crippen molar-refractivity contribution in [3.05, 3.63) is 94.2 Å². The maximum Gasteiger partial charge on any atom is 0.435 e. The first-order valence-corrected chi connectivity index (χ1v) is 22.6. The zero-order valence-electron chi connectivity index (χ0n) is 36.6. The molecule has 5 aliphatic carbocycles. The predicted molar refractivity (Wildman–Crippen MR) is 229 cm³/mol. The molecule has 354 valence electrons. The monoisotopic (exact) mass is 945 g/mol. The Labute approximate surface area is 381 Å². The van der Waals surface area contributed by atoms with E-state index in [2.05, 4.69) is 35.8 Å². The minimum Gasteiger partial charge on any atom is -0.381 e. The summed E-state index contributed by atoms with van der Waals surface area (Å²) in [6, 6.07) is 7.29. The number of hydrogen-bond acceptors (Lipinski definition) is 8. The molecule has 5 saturated carbocycles. The van der Waals surface area contributed by atoms with Gasteiger partial charge in [0.25, 0.3) is 17.8 Å². The number of nitrogen functional groups attached to an aromatic ring is 1. The first kappa shape index (κ1) is 47.0. The fraction of sp³-hybridized carbons (Fsp3) is 0.533. The fourth-order valence-corrected chi connectivity index (χ4v) is 11.9. The summed E-state index contributed by atoms with van der Waals surface area (Å²) in [5, 5.41) is 13.2. The van der Waals surface area contributed by atoms with Crippen molar-refractivity contribution < 1.29 is 40.3 Å². The Balaban J connectivity index is 0.000000174. The molecule has 13 nitrogen and oxygen atoms in total. The van der Waals surface area contributed by atoms with Crippen LogP contribution in [0.1, 0.15) is 122 Å². The lowest BCUT2D eigenvalue weighted by atomic mass is 9.55. The van der Waals surface area contributed by atoms with E-state index in [4.69, 9.17) is 17.3 Å². The second kappa shape index (κ2) is 17.6. The van der Waals surface area contributed by atoms with E-state index in [0.29, 0.717) is 27.9 Å². The van der Waals surface area contributed by atoms with Gasteiger partial charge in [0.15, 0.2) is 23.0 Å². The second-order valence-electron chi connectivity index (χ2n) is 18.4. The lowest BCUT2D eigenvalue weighted by molar-refractivity contribution is -0.142. The highest BCUT2D eigenvalue weighted by atomic mass is 35.5. The number of nitrogens with two attached hydrogens (primary N) is 1. The zero-order chi connectivity index (χ0) is 47.4. The third-order valence-electron chi connectivity index (χ3n) is 14.5. The van der Waals surface area contributed by atoms with Gasteiger partial charge in [-0.3, -0.25) is 9.59 Å². The Kier molecular flexibility index (Phi) is 12.5. The molecule has 5 atom stereocenters. The van der Waals surface area contributed by atoms with Crippen molar-refractivity contribution in [1.82, 2.24) is 49.7 Å². The third kappa shape index (κ3) is 8.76. The standard InChI is InChI=1S/C22H21ClF4N6O.C21H24F3N5O.C2H6/c23-14-6-4-13(5-7-14)21(8-2-1-3-9-21)12-30-19(34)15-11-33(32-17(15)22(25,26)27)20-29-10-16(24)18(28)31-20;1-28-3-2-25-18(28)29-9-15(16(27-29)21(22,23)24)17(30)26-11-19-6-12-4-13-5-14(8-19)20(13,7-12)10-19;1-2/h4-7,10-11H,1-3,8-9,12H2,(H,30,34)(H2,28,29,31);2-3,9,12-14H,4-8,10-11H2,1H3,(H,26,30);1-2H3. The molecule has 1 aromatic carbocycles. The van der Waals surface area contributed by atoms with Gasteiger partial charge < -0.3 is 20.9 Å². The number of carbonyl (C=O) groups excluding carboxylic acids is 2. The van der Waals surface area contributed by atoms with Gasteiger partial charge in [-0.25, -0.2) is 23.7 Å². The van der Waals surface area contributed by atoms with Gasteiger partial charge in [0, 0.05) is 55.4 Å². The molecule has 5 unspecified atom stereocenters. The Morgan fingerprint density at radius 2 is 1.45 bits per heavy atom. The topological polar surface area (TPSA) is 163 Å². The number of imidazole rings is 1. The van der Waals surface area contributed by atoms with Gasteiger partial charge in [-0.15, -0.1) is 0 Å². The molecule has 0 saturated heterocycles. The molecule has 4 heterocycles. The molecule has 66 heavy (non-hydrogen) atoms. The zero-order valence-corrected chi connectivity index (χ0v) is 37.4. The number of benzene rings is 1. The van der Waals surface area contributed by atoms with Gasteiger partial charge in [-0.05, 0) is 97.6 Å². The summed E-state index contributed by atoms with van der Waals surface area (Å²) in [5.74, 6) is -0.967. The summed E-state index contributed by atoms with van der Waals surface area (Å²) in [5.41, 5.74) is 2.76. The van der Waals surface area contributed by atoms with Gasteiger partial charge in [0.1, 0.15) is 0 Å². The molecule has 5 aromatic rings. The van der Waals surface area contributed by atoms with Crippen molar-refractivity contribution in [2.75, 3.05) is 18.8 Å². The van der Waals surface area contributed by atoms with Gasteiger partial charge in [0.2, 0.25) is 5.95 Å². The number of halogens is 8. The lowest BCUT2D eigenvalue weighted by Crippen LogP contribution is -2.43. The van der Waals surface area contributed by atoms with Crippen molar-refractivity contribution in [3.63, 3.8) is 0 Å². The van der Waals surface area contributed by atoms with Crippen LogP contribution in [0.25, 0.3) is 11.9 Å². The molecular weight excluding hydrogens is 895 g/mol. The molecule has 1 spiro atoms. The van der Waals surface area contributed by atoms with Crippen molar-refractivity contribution in [2.24, 2.45) is 35.6 Å². The summed E-state index contributed by atoms with van der Waals surface area (Å²) >= 11 is 6.01. The number of carbonyl (C=O) groups is 2. The van der Waals surface area contributed by atoms with Crippen LogP contribution in [0, 0.1) is 34.4 Å². The quantitative estimate of drug-likeness (QED) is 0.123. The maximum atomic E-state index is 13.7. The van der Waals surface area contributed by atoms with Crippen molar-refractivity contribution in [2.45, 2.75) is 102 Å². The van der Waals surface area contributed by atoms with E-state index in [1.165, 1.54) is 25.5 Å². The van der Waals surface area contributed by atoms with Crippen LogP contribution in [0.15, 0.2) is 55.2 Å². The highest BCUT2D eigenvalue weighted by Gasteiger charge is 2.70. The van der Waals surface area contributed by atoms with Crippen molar-refractivity contribution >= 4 is 29.2 Å². The largest absolute Gasteiger partial charge is 0.435 e. The molecule has 5 fully saturated rings. The Morgan fingerprint density at radius 3 is 2.06 bits per heavy atom. The summed E-state index contributed by atoms with van der Waals surface area (Å²) in [6.07, 6.45) is 7.93. The number of amides is 2. The van der Waals surface area contributed by atoms with Crippen LogP contribution in [0.4, 0.5) is 36.6 Å². The Morgan fingerprint density at radius 1 is 0.833 bits per heavy atom. The molecule has 10 rings (SSSR count). The highest BCUT2D eigenvalue weighted by molar-refractivity contribution is 6.30. The molecular formula is C45H51ClF7N11O2. The number of hydrogen-bond donors (Lipinski definition) is 3. The van der Waals surface area contributed by atoms with E-state index in [0.717, 1.165) is 91.8 Å². The van der Waals surface area contributed by atoms with Gasteiger partial charge in [0.05, 0.1) is 17.3 Å². The minimum absolute atomic E-state index is 0.0581. The second-order valence-corrected chi connectivity index (χ2v) is 18.8. The van der Waals surface area contributed by atoms with Crippen LogP contribution < -0.4 is 16.4 Å². The maximum absolute atomic E-state index is 13.7.